The van der Waals surface area contributed by atoms with E-state index in [0.29, 0.717) is 6.04 Å². The van der Waals surface area contributed by atoms with Crippen molar-refractivity contribution in [1.82, 2.24) is 20.4 Å². The molecule has 2 heterocycles. The highest BCUT2D eigenvalue weighted by Gasteiger charge is 2.23. The number of hydrogen-bond donors (Lipinski definition) is 1. The Morgan fingerprint density at radius 3 is 2.67 bits per heavy atom. The molecule has 0 radical (unpaired) electrons. The van der Waals surface area contributed by atoms with Crippen LogP contribution in [0.1, 0.15) is 65.2 Å². The predicted octanol–water partition coefficient (Wildman–Crippen LogP) is 2.72. The lowest BCUT2D eigenvalue weighted by molar-refractivity contribution is 0.197. The second-order valence-electron chi connectivity index (χ2n) is 7.13. The van der Waals surface area contributed by atoms with E-state index in [-0.39, 0.29) is 5.41 Å². The molecule has 1 unspecified atom stereocenters. The number of nitrogens with one attached hydrogen (secondary N) is 1. The zero-order valence-electron chi connectivity index (χ0n) is 14.0. The van der Waals surface area contributed by atoms with Crippen molar-refractivity contribution in [2.24, 2.45) is 0 Å². The van der Waals surface area contributed by atoms with E-state index in [1.807, 2.05) is 0 Å². The lowest BCUT2D eigenvalue weighted by atomic mass is 9.97. The van der Waals surface area contributed by atoms with Crippen LogP contribution in [-0.2, 0) is 12.0 Å². The summed E-state index contributed by atoms with van der Waals surface area (Å²) in [6, 6.07) is 0.607. The van der Waals surface area contributed by atoms with Gasteiger partial charge in [-0.15, -0.1) is 10.2 Å². The highest BCUT2D eigenvalue weighted by molar-refractivity contribution is 4.96. The molecular weight excluding hydrogens is 264 g/mol. The van der Waals surface area contributed by atoms with Gasteiger partial charge in [0, 0.05) is 18.0 Å². The number of piperidine rings is 1. The average molecular weight is 294 g/mol. The monoisotopic (exact) mass is 294 g/mol. The molecule has 0 spiro atoms. The second-order valence-corrected chi connectivity index (χ2v) is 7.13. The first-order chi connectivity index (χ1) is 9.99. The Labute approximate surface area is 128 Å². The van der Waals surface area contributed by atoms with Crippen molar-refractivity contribution < 1.29 is 4.42 Å². The van der Waals surface area contributed by atoms with Crippen LogP contribution in [0.3, 0.4) is 0 Å². The minimum atomic E-state index is -0.0776. The Bertz CT molecular complexity index is 418. The highest BCUT2D eigenvalue weighted by atomic mass is 16.4. The second kappa shape index (κ2) is 7.36. The van der Waals surface area contributed by atoms with Gasteiger partial charge in [-0.25, -0.2) is 0 Å². The van der Waals surface area contributed by atoms with Crippen LogP contribution in [0.4, 0.5) is 0 Å². The van der Waals surface area contributed by atoms with Gasteiger partial charge in [-0.3, -0.25) is 4.90 Å². The summed E-state index contributed by atoms with van der Waals surface area (Å²) in [5, 5.41) is 12.0. The molecule has 1 aromatic heterocycles. The minimum absolute atomic E-state index is 0.0776. The molecule has 2 rings (SSSR count). The molecule has 21 heavy (non-hydrogen) atoms. The summed E-state index contributed by atoms with van der Waals surface area (Å²) >= 11 is 0. The Hall–Kier alpha value is -0.940. The summed E-state index contributed by atoms with van der Waals surface area (Å²) in [5.74, 6) is 1.47. The van der Waals surface area contributed by atoms with Gasteiger partial charge in [-0.2, -0.15) is 0 Å². The summed E-state index contributed by atoms with van der Waals surface area (Å²) < 4.78 is 5.83. The number of hydrogen-bond acceptors (Lipinski definition) is 5. The van der Waals surface area contributed by atoms with Gasteiger partial charge < -0.3 is 9.73 Å². The van der Waals surface area contributed by atoms with Gasteiger partial charge >= 0.3 is 0 Å². The Morgan fingerprint density at radius 2 is 2.10 bits per heavy atom. The van der Waals surface area contributed by atoms with Crippen molar-refractivity contribution in [3.63, 3.8) is 0 Å². The van der Waals surface area contributed by atoms with Crippen LogP contribution in [0.15, 0.2) is 4.42 Å². The first-order valence-corrected chi connectivity index (χ1v) is 8.27. The third-order valence-electron chi connectivity index (χ3n) is 3.90. The topological polar surface area (TPSA) is 54.2 Å². The van der Waals surface area contributed by atoms with Crippen LogP contribution < -0.4 is 5.32 Å². The molecular formula is C16H30N4O. The van der Waals surface area contributed by atoms with Crippen LogP contribution in [-0.4, -0.2) is 40.8 Å². The van der Waals surface area contributed by atoms with E-state index in [9.17, 15) is 0 Å². The summed E-state index contributed by atoms with van der Waals surface area (Å²) in [7, 11) is 0. The lowest BCUT2D eigenvalue weighted by Crippen LogP contribution is -2.43. The maximum Gasteiger partial charge on any atom is 0.230 e. The van der Waals surface area contributed by atoms with Gasteiger partial charge in [0.15, 0.2) is 0 Å². The van der Waals surface area contributed by atoms with Gasteiger partial charge in [-0.05, 0) is 32.4 Å². The molecule has 1 fully saturated rings. The van der Waals surface area contributed by atoms with E-state index in [1.54, 1.807) is 0 Å². The number of rotatable bonds is 6. The van der Waals surface area contributed by atoms with Crippen LogP contribution >= 0.6 is 0 Å². The van der Waals surface area contributed by atoms with Crippen LogP contribution in [0, 0.1) is 0 Å². The van der Waals surface area contributed by atoms with Crippen molar-refractivity contribution in [3.05, 3.63) is 11.8 Å². The average Bonchev–Trinajstić information content (AvgIpc) is 2.89. The molecule has 1 aromatic rings. The van der Waals surface area contributed by atoms with Gasteiger partial charge in [-0.1, -0.05) is 34.1 Å². The molecule has 0 aromatic carbocycles. The standard InChI is InChI=1S/C16H30N4O/c1-5-10-20(11-13-8-6-7-9-17-13)12-14-18-19-15(21-14)16(2,3)4/h13,17H,5-12H2,1-4H3. The maximum absolute atomic E-state index is 5.83. The molecule has 1 atom stereocenters. The Kier molecular flexibility index (Phi) is 5.76. The first-order valence-electron chi connectivity index (χ1n) is 8.27. The molecule has 1 aliphatic heterocycles. The van der Waals surface area contributed by atoms with E-state index in [0.717, 1.165) is 44.4 Å². The van der Waals surface area contributed by atoms with Gasteiger partial charge in [0.05, 0.1) is 6.54 Å². The van der Waals surface area contributed by atoms with E-state index in [2.05, 4.69) is 48.1 Å². The molecule has 0 amide bonds. The van der Waals surface area contributed by atoms with Gasteiger partial charge in [0.1, 0.15) is 0 Å². The van der Waals surface area contributed by atoms with Crippen LogP contribution in [0.5, 0.6) is 0 Å². The Balaban J connectivity index is 1.93. The van der Waals surface area contributed by atoms with Gasteiger partial charge in [0.2, 0.25) is 11.8 Å². The van der Waals surface area contributed by atoms with E-state index < -0.39 is 0 Å². The number of nitrogens with zero attached hydrogens (tertiary/aromatic N) is 3. The highest BCUT2D eigenvalue weighted by Crippen LogP contribution is 2.21. The SMILES string of the molecule is CCCN(Cc1nnc(C(C)(C)C)o1)CC1CCCCN1. The van der Waals surface area contributed by atoms with Crippen molar-refractivity contribution in [1.29, 1.82) is 0 Å². The largest absolute Gasteiger partial charge is 0.423 e. The third kappa shape index (κ3) is 5.08. The molecule has 0 aliphatic carbocycles. The quantitative estimate of drug-likeness (QED) is 0.874. The van der Waals surface area contributed by atoms with Crippen molar-refractivity contribution in [2.45, 2.75) is 71.4 Å². The van der Waals surface area contributed by atoms with Crippen LogP contribution in [0.2, 0.25) is 0 Å². The molecule has 1 saturated heterocycles. The van der Waals surface area contributed by atoms with E-state index in [1.165, 1.54) is 19.3 Å². The fraction of sp³-hybridized carbons (Fsp3) is 0.875. The van der Waals surface area contributed by atoms with Crippen molar-refractivity contribution in [2.75, 3.05) is 19.6 Å². The molecule has 120 valence electrons. The predicted molar refractivity (Wildman–Crippen MR) is 84.2 cm³/mol. The summed E-state index contributed by atoms with van der Waals surface area (Å²) in [6.45, 7) is 12.6. The summed E-state index contributed by atoms with van der Waals surface area (Å²) in [4.78, 5) is 2.43. The van der Waals surface area contributed by atoms with Crippen molar-refractivity contribution in [3.8, 4) is 0 Å². The maximum atomic E-state index is 5.83. The summed E-state index contributed by atoms with van der Waals surface area (Å²) in [5.41, 5.74) is -0.0776. The lowest BCUT2D eigenvalue weighted by Gasteiger charge is -2.29. The zero-order valence-corrected chi connectivity index (χ0v) is 14.0. The van der Waals surface area contributed by atoms with E-state index >= 15 is 0 Å². The van der Waals surface area contributed by atoms with E-state index in [4.69, 9.17) is 4.42 Å². The molecule has 0 saturated carbocycles. The van der Waals surface area contributed by atoms with Crippen molar-refractivity contribution >= 4 is 0 Å². The van der Waals surface area contributed by atoms with Gasteiger partial charge in [0.25, 0.3) is 0 Å². The first kappa shape index (κ1) is 16.4. The fourth-order valence-corrected chi connectivity index (χ4v) is 2.75. The molecule has 0 bridgehead atoms. The zero-order chi connectivity index (χ0) is 15.3. The molecule has 5 heteroatoms. The Morgan fingerprint density at radius 1 is 1.29 bits per heavy atom. The normalized spacial score (nSPS) is 20.1. The van der Waals surface area contributed by atoms with Crippen LogP contribution in [0.25, 0.3) is 0 Å². The molecule has 1 N–H and O–H groups in total. The minimum Gasteiger partial charge on any atom is -0.423 e. The number of aromatic nitrogens is 2. The fourth-order valence-electron chi connectivity index (χ4n) is 2.75. The molecule has 1 aliphatic rings. The summed E-state index contributed by atoms with van der Waals surface area (Å²) in [6.07, 6.45) is 5.07. The molecule has 5 nitrogen and oxygen atoms in total. The smallest absolute Gasteiger partial charge is 0.230 e. The third-order valence-corrected chi connectivity index (χ3v) is 3.90.